The van der Waals surface area contributed by atoms with Crippen LogP contribution in [0.3, 0.4) is 0 Å². The number of benzene rings is 2. The van der Waals surface area contributed by atoms with Gasteiger partial charge in [-0.2, -0.15) is 0 Å². The Kier molecular flexibility index (Phi) is 4.85. The predicted octanol–water partition coefficient (Wildman–Crippen LogP) is 1.80. The average molecular weight is 377 g/mol. The Balaban J connectivity index is 2.44. The monoisotopic (exact) mass is 376 g/mol. The fraction of sp³-hybridized carbons (Fsp3) is 0.0769. The van der Waals surface area contributed by atoms with Crippen molar-refractivity contribution >= 4 is 37.3 Å². The zero-order valence-electron chi connectivity index (χ0n) is 11.9. The van der Waals surface area contributed by atoms with E-state index in [0.717, 1.165) is 6.07 Å². The van der Waals surface area contributed by atoms with Crippen LogP contribution < -0.4 is 14.6 Å². The van der Waals surface area contributed by atoms with Crippen LogP contribution in [0, 0.1) is 0 Å². The van der Waals surface area contributed by atoms with Crippen molar-refractivity contribution in [3.05, 3.63) is 47.5 Å². The van der Waals surface area contributed by atoms with Gasteiger partial charge in [-0.25, -0.2) is 22.0 Å². The fourth-order valence-corrected chi connectivity index (χ4v) is 3.88. The highest BCUT2D eigenvalue weighted by atomic mass is 35.5. The Morgan fingerprint density at radius 2 is 1.78 bits per heavy atom. The number of nitrogens with one attached hydrogen (secondary N) is 1. The van der Waals surface area contributed by atoms with Gasteiger partial charge in [-0.05, 0) is 36.4 Å². The molecule has 2 aromatic carbocycles. The molecule has 2 rings (SSSR count). The first-order valence-corrected chi connectivity index (χ1v) is 9.53. The summed E-state index contributed by atoms with van der Waals surface area (Å²) in [5.41, 5.74) is 0.0230. The van der Waals surface area contributed by atoms with Crippen LogP contribution in [-0.2, 0) is 20.0 Å². The Morgan fingerprint density at radius 3 is 2.35 bits per heavy atom. The van der Waals surface area contributed by atoms with Gasteiger partial charge in [0.15, 0.2) is 0 Å². The van der Waals surface area contributed by atoms with Crippen molar-refractivity contribution in [1.29, 1.82) is 0 Å². The molecule has 23 heavy (non-hydrogen) atoms. The lowest BCUT2D eigenvalue weighted by atomic mass is 10.3. The summed E-state index contributed by atoms with van der Waals surface area (Å²) in [6, 6.07) is 9.39. The minimum Gasteiger partial charge on any atom is -0.495 e. The summed E-state index contributed by atoms with van der Waals surface area (Å²) in [4.78, 5) is -0.385. The van der Waals surface area contributed by atoms with Gasteiger partial charge in [0.05, 0.1) is 17.7 Å². The molecule has 0 atom stereocenters. The van der Waals surface area contributed by atoms with Gasteiger partial charge in [-0.1, -0.05) is 17.7 Å². The van der Waals surface area contributed by atoms with E-state index in [1.807, 2.05) is 0 Å². The van der Waals surface area contributed by atoms with Gasteiger partial charge in [0.2, 0.25) is 10.0 Å². The number of hydrogen-bond acceptors (Lipinski definition) is 5. The van der Waals surface area contributed by atoms with E-state index in [4.69, 9.17) is 21.5 Å². The van der Waals surface area contributed by atoms with E-state index >= 15 is 0 Å². The molecule has 0 radical (unpaired) electrons. The molecule has 7 nitrogen and oxygen atoms in total. The van der Waals surface area contributed by atoms with Gasteiger partial charge in [0, 0.05) is 5.02 Å². The first kappa shape index (κ1) is 17.5. The molecule has 0 spiro atoms. The van der Waals surface area contributed by atoms with Crippen LogP contribution in [0.25, 0.3) is 0 Å². The largest absolute Gasteiger partial charge is 0.495 e. The molecule has 0 aliphatic heterocycles. The number of hydrogen-bond donors (Lipinski definition) is 2. The van der Waals surface area contributed by atoms with Crippen LogP contribution >= 0.6 is 11.6 Å². The highest BCUT2D eigenvalue weighted by molar-refractivity contribution is 7.92. The predicted molar refractivity (Wildman–Crippen MR) is 86.6 cm³/mol. The molecule has 0 fully saturated rings. The number of sulfonamides is 2. The highest BCUT2D eigenvalue weighted by Gasteiger charge is 2.19. The highest BCUT2D eigenvalue weighted by Crippen LogP contribution is 2.27. The van der Waals surface area contributed by atoms with Crippen LogP contribution in [0.1, 0.15) is 0 Å². The molecule has 0 amide bonds. The van der Waals surface area contributed by atoms with E-state index in [9.17, 15) is 16.8 Å². The molecule has 10 heteroatoms. The summed E-state index contributed by atoms with van der Waals surface area (Å²) in [5, 5.41) is 5.35. The molecule has 0 aliphatic carbocycles. The van der Waals surface area contributed by atoms with E-state index < -0.39 is 20.0 Å². The maximum absolute atomic E-state index is 12.3. The third kappa shape index (κ3) is 4.14. The number of rotatable bonds is 5. The number of nitrogens with two attached hydrogens (primary N) is 1. The fourth-order valence-electron chi connectivity index (χ4n) is 1.81. The number of ether oxygens (including phenoxy) is 1. The number of halogens is 1. The summed E-state index contributed by atoms with van der Waals surface area (Å²) in [6.45, 7) is 0. The van der Waals surface area contributed by atoms with Gasteiger partial charge >= 0.3 is 0 Å². The first-order chi connectivity index (χ1) is 10.6. The van der Waals surface area contributed by atoms with E-state index in [-0.39, 0.29) is 26.3 Å². The zero-order valence-corrected chi connectivity index (χ0v) is 14.2. The molecule has 0 unspecified atom stereocenters. The number of methoxy groups -OCH3 is 1. The molecule has 0 bridgehead atoms. The average Bonchev–Trinajstić information content (AvgIpc) is 2.46. The van der Waals surface area contributed by atoms with E-state index in [1.165, 1.54) is 43.5 Å². The van der Waals surface area contributed by atoms with Gasteiger partial charge in [-0.3, -0.25) is 4.72 Å². The van der Waals surface area contributed by atoms with Gasteiger partial charge < -0.3 is 4.74 Å². The molecule has 0 saturated heterocycles. The second-order valence-electron chi connectivity index (χ2n) is 4.47. The maximum atomic E-state index is 12.3. The molecule has 3 N–H and O–H groups in total. The lowest BCUT2D eigenvalue weighted by molar-refractivity contribution is 0.403. The summed E-state index contributed by atoms with van der Waals surface area (Å²) >= 11 is 5.77. The zero-order chi connectivity index (χ0) is 17.3. The van der Waals surface area contributed by atoms with E-state index in [1.54, 1.807) is 0 Å². The normalized spacial score (nSPS) is 12.0. The van der Waals surface area contributed by atoms with Crippen molar-refractivity contribution in [2.24, 2.45) is 5.14 Å². The van der Waals surface area contributed by atoms with Crippen LogP contribution in [0.4, 0.5) is 5.69 Å². The van der Waals surface area contributed by atoms with Crippen LogP contribution in [0.5, 0.6) is 5.75 Å². The number of anilines is 1. The summed E-state index contributed by atoms with van der Waals surface area (Å²) in [5.74, 6) is 0.0122. The smallest absolute Gasteiger partial charge is 0.261 e. The quantitative estimate of drug-likeness (QED) is 0.825. The molecule has 0 aromatic heterocycles. The Hall–Kier alpha value is -1.81. The van der Waals surface area contributed by atoms with Crippen molar-refractivity contribution in [2.45, 2.75) is 9.79 Å². The summed E-state index contributed by atoms with van der Waals surface area (Å²) in [6.07, 6.45) is 0. The first-order valence-electron chi connectivity index (χ1n) is 6.13. The Morgan fingerprint density at radius 1 is 1.09 bits per heavy atom. The summed E-state index contributed by atoms with van der Waals surface area (Å²) < 4.78 is 54.8. The van der Waals surface area contributed by atoms with Crippen LogP contribution in [0.2, 0.25) is 5.02 Å². The van der Waals surface area contributed by atoms with Crippen molar-refractivity contribution in [3.8, 4) is 5.75 Å². The van der Waals surface area contributed by atoms with Crippen molar-refractivity contribution < 1.29 is 21.6 Å². The SMILES string of the molecule is COc1ccc(NS(=O)(=O)c2cccc(Cl)c2)cc1S(N)(=O)=O. The van der Waals surface area contributed by atoms with Crippen LogP contribution in [0.15, 0.2) is 52.3 Å². The van der Waals surface area contributed by atoms with Crippen LogP contribution in [-0.4, -0.2) is 23.9 Å². The number of primary sulfonamides is 1. The van der Waals surface area contributed by atoms with Crippen molar-refractivity contribution in [3.63, 3.8) is 0 Å². The van der Waals surface area contributed by atoms with Crippen molar-refractivity contribution in [1.82, 2.24) is 0 Å². The minimum absolute atomic E-state index is 0.0122. The molecule has 0 heterocycles. The van der Waals surface area contributed by atoms with Gasteiger partial charge in [0.25, 0.3) is 10.0 Å². The maximum Gasteiger partial charge on any atom is 0.261 e. The standard InChI is InChI=1S/C13H13ClN2O5S2/c1-21-12-6-5-10(8-13(12)22(15,17)18)16-23(19,20)11-4-2-3-9(14)7-11/h2-8,16H,1H3,(H2,15,17,18). The molecule has 0 saturated carbocycles. The molecule has 0 aliphatic rings. The third-order valence-corrected chi connectivity index (χ3v) is 5.37. The molecular weight excluding hydrogens is 364 g/mol. The second kappa shape index (κ2) is 6.36. The van der Waals surface area contributed by atoms with E-state index in [2.05, 4.69) is 4.72 Å². The lowest BCUT2D eigenvalue weighted by Crippen LogP contribution is -2.16. The Labute approximate surface area is 139 Å². The summed E-state index contributed by atoms with van der Waals surface area (Å²) in [7, 11) is -6.73. The second-order valence-corrected chi connectivity index (χ2v) is 8.12. The van der Waals surface area contributed by atoms with E-state index in [0.29, 0.717) is 0 Å². The lowest BCUT2D eigenvalue weighted by Gasteiger charge is -2.11. The molecule has 2 aromatic rings. The molecule has 124 valence electrons. The third-order valence-electron chi connectivity index (χ3n) is 2.83. The van der Waals surface area contributed by atoms with Gasteiger partial charge in [-0.15, -0.1) is 0 Å². The Bertz CT molecular complexity index is 943. The van der Waals surface area contributed by atoms with Crippen molar-refractivity contribution in [2.75, 3.05) is 11.8 Å². The van der Waals surface area contributed by atoms with Gasteiger partial charge in [0.1, 0.15) is 10.6 Å². The topological polar surface area (TPSA) is 116 Å². The minimum atomic E-state index is -4.08. The molecular formula is C13H13ClN2O5S2.